The van der Waals surface area contributed by atoms with Gasteiger partial charge in [-0.3, -0.25) is 19.6 Å². The van der Waals surface area contributed by atoms with Crippen molar-refractivity contribution in [2.75, 3.05) is 13.1 Å². The summed E-state index contributed by atoms with van der Waals surface area (Å²) < 4.78 is 67.8. The van der Waals surface area contributed by atoms with Gasteiger partial charge in [-0.15, -0.1) is 0 Å². The van der Waals surface area contributed by atoms with Crippen molar-refractivity contribution in [3.8, 4) is 0 Å². The number of hydrogen-bond donors (Lipinski definition) is 3. The number of nitrogens with two attached hydrogens (primary N) is 1. The van der Waals surface area contributed by atoms with Gasteiger partial charge in [-0.1, -0.05) is 6.07 Å². The van der Waals surface area contributed by atoms with Crippen LogP contribution in [0.15, 0.2) is 53.5 Å². The number of allylic oxidation sites excluding steroid dienone is 1. The van der Waals surface area contributed by atoms with Crippen LogP contribution in [-0.4, -0.2) is 41.0 Å². The Kier molecular flexibility index (Phi) is 7.14. The monoisotopic (exact) mass is 522 g/mol. The van der Waals surface area contributed by atoms with Gasteiger partial charge in [0, 0.05) is 55.4 Å². The SMILES string of the molecule is NC(=O)C1CCCN(C(=O)C2(c3cncc(C(F)(F)F)c3)N=CC=C(NCc3ccc(F)cc3F)N2)C1. The summed E-state index contributed by atoms with van der Waals surface area (Å²) in [5.74, 6) is -3.31. The maximum Gasteiger partial charge on any atom is 0.417 e. The molecule has 37 heavy (non-hydrogen) atoms. The van der Waals surface area contributed by atoms with Crippen molar-refractivity contribution in [2.24, 2.45) is 16.6 Å². The minimum absolute atomic E-state index is 0.0211. The van der Waals surface area contributed by atoms with Crippen LogP contribution in [0, 0.1) is 17.6 Å². The molecule has 0 spiro atoms. The highest BCUT2D eigenvalue weighted by Crippen LogP contribution is 2.35. The number of likely N-dealkylation sites (tertiary alicyclic amines) is 1. The molecule has 2 aromatic rings. The molecule has 8 nitrogen and oxygen atoms in total. The number of pyridine rings is 1. The molecule has 2 unspecified atom stereocenters. The third kappa shape index (κ3) is 5.54. The maximum atomic E-state index is 14.1. The molecule has 0 saturated carbocycles. The quantitative estimate of drug-likeness (QED) is 0.505. The molecule has 196 valence electrons. The number of carbonyl (C=O) groups excluding carboxylic acids is 2. The number of primary amides is 1. The lowest BCUT2D eigenvalue weighted by Crippen LogP contribution is -2.58. The van der Waals surface area contributed by atoms with E-state index >= 15 is 0 Å². The van der Waals surface area contributed by atoms with Gasteiger partial charge in [0.25, 0.3) is 5.91 Å². The van der Waals surface area contributed by atoms with Crippen LogP contribution < -0.4 is 16.4 Å². The van der Waals surface area contributed by atoms with Crippen LogP contribution in [-0.2, 0) is 28.0 Å². The van der Waals surface area contributed by atoms with Crippen molar-refractivity contribution in [1.29, 1.82) is 0 Å². The van der Waals surface area contributed by atoms with Gasteiger partial charge in [0.1, 0.15) is 17.5 Å². The second kappa shape index (κ2) is 10.1. The van der Waals surface area contributed by atoms with Crippen molar-refractivity contribution < 1.29 is 31.5 Å². The summed E-state index contributed by atoms with van der Waals surface area (Å²) in [6.45, 7) is 0.0886. The van der Waals surface area contributed by atoms with Gasteiger partial charge in [0.2, 0.25) is 11.6 Å². The largest absolute Gasteiger partial charge is 0.417 e. The van der Waals surface area contributed by atoms with Crippen molar-refractivity contribution in [2.45, 2.75) is 31.2 Å². The Hall–Kier alpha value is -4.03. The zero-order chi connectivity index (χ0) is 26.8. The van der Waals surface area contributed by atoms with Crippen molar-refractivity contribution in [3.05, 3.63) is 76.9 Å². The summed E-state index contributed by atoms with van der Waals surface area (Å²) in [6, 6.07) is 3.81. The van der Waals surface area contributed by atoms with Gasteiger partial charge in [-0.2, -0.15) is 13.2 Å². The molecule has 2 aliphatic heterocycles. The van der Waals surface area contributed by atoms with Gasteiger partial charge >= 0.3 is 6.18 Å². The number of benzene rings is 1. The molecule has 1 saturated heterocycles. The lowest BCUT2D eigenvalue weighted by Gasteiger charge is -2.40. The Morgan fingerprint density at radius 3 is 2.70 bits per heavy atom. The highest BCUT2D eigenvalue weighted by molar-refractivity contribution is 5.92. The molecule has 0 radical (unpaired) electrons. The lowest BCUT2D eigenvalue weighted by molar-refractivity contribution is -0.142. The summed E-state index contributed by atoms with van der Waals surface area (Å²) in [5, 5.41) is 5.71. The number of halogens is 5. The van der Waals surface area contributed by atoms with Gasteiger partial charge < -0.3 is 21.3 Å². The van der Waals surface area contributed by atoms with Gasteiger partial charge in [-0.05, 0) is 31.1 Å². The Morgan fingerprint density at radius 1 is 1.22 bits per heavy atom. The molecule has 2 amide bonds. The van der Waals surface area contributed by atoms with Crippen LogP contribution in [0.4, 0.5) is 22.0 Å². The second-order valence-electron chi connectivity index (χ2n) is 8.74. The maximum absolute atomic E-state index is 14.1. The average molecular weight is 522 g/mol. The first kappa shape index (κ1) is 26.0. The van der Waals surface area contributed by atoms with E-state index in [1.54, 1.807) is 0 Å². The van der Waals surface area contributed by atoms with Gasteiger partial charge in [0.15, 0.2) is 0 Å². The number of aromatic nitrogens is 1. The molecule has 4 rings (SSSR count). The fraction of sp³-hybridized carbons (Fsp3) is 0.333. The molecule has 1 fully saturated rings. The highest BCUT2D eigenvalue weighted by Gasteiger charge is 2.47. The van der Waals surface area contributed by atoms with E-state index in [-0.39, 0.29) is 36.6 Å². The zero-order valence-corrected chi connectivity index (χ0v) is 19.4. The molecule has 1 aromatic heterocycles. The predicted octanol–water partition coefficient (Wildman–Crippen LogP) is 2.56. The Labute approximate surface area is 208 Å². The van der Waals surface area contributed by atoms with Crippen molar-refractivity contribution in [1.82, 2.24) is 20.5 Å². The van der Waals surface area contributed by atoms with Crippen LogP contribution in [0.5, 0.6) is 0 Å². The van der Waals surface area contributed by atoms with E-state index < -0.39 is 46.8 Å². The number of nitrogens with one attached hydrogen (secondary N) is 2. The number of aliphatic imine (C=N–C) groups is 1. The molecular weight excluding hydrogens is 499 g/mol. The van der Waals surface area contributed by atoms with Crippen molar-refractivity contribution >= 4 is 18.0 Å². The first-order chi connectivity index (χ1) is 17.5. The predicted molar refractivity (Wildman–Crippen MR) is 122 cm³/mol. The van der Waals surface area contributed by atoms with Crippen LogP contribution in [0.3, 0.4) is 0 Å². The minimum Gasteiger partial charge on any atom is -0.369 e. The number of rotatable bonds is 6. The third-order valence-electron chi connectivity index (χ3n) is 6.21. The Balaban J connectivity index is 1.67. The first-order valence-electron chi connectivity index (χ1n) is 11.3. The summed E-state index contributed by atoms with van der Waals surface area (Å²) >= 11 is 0. The summed E-state index contributed by atoms with van der Waals surface area (Å²) in [7, 11) is 0. The standard InChI is InChI=1S/C24H23F5N6O2/c25-18-4-3-14(19(26)9-18)10-32-20-5-6-33-23(34-20,16-8-17(12-31-11-16)24(27,28)29)22(37)35-7-1-2-15(13-35)21(30)36/h3-6,8-9,11-12,15,32,34H,1-2,7,10,13H2,(H2,30,36). The zero-order valence-electron chi connectivity index (χ0n) is 19.4. The topological polar surface area (TPSA) is 113 Å². The fourth-order valence-corrected chi connectivity index (χ4v) is 4.25. The van der Waals surface area contributed by atoms with Crippen LogP contribution in [0.2, 0.25) is 0 Å². The molecule has 0 bridgehead atoms. The summed E-state index contributed by atoms with van der Waals surface area (Å²) in [5.41, 5.74) is 2.21. The van der Waals surface area contributed by atoms with E-state index in [9.17, 15) is 31.5 Å². The van der Waals surface area contributed by atoms with Crippen LogP contribution >= 0.6 is 0 Å². The molecule has 1 aromatic carbocycles. The summed E-state index contributed by atoms with van der Waals surface area (Å²) in [4.78, 5) is 34.8. The van der Waals surface area contributed by atoms with E-state index in [4.69, 9.17) is 5.73 Å². The van der Waals surface area contributed by atoms with E-state index in [0.717, 1.165) is 24.4 Å². The van der Waals surface area contributed by atoms with E-state index in [1.807, 2.05) is 0 Å². The first-order valence-corrected chi connectivity index (χ1v) is 11.3. The average Bonchev–Trinajstić information content (AvgIpc) is 2.87. The molecular formula is C24H23F5N6O2. The van der Waals surface area contributed by atoms with E-state index in [2.05, 4.69) is 20.6 Å². The number of nitrogens with zero attached hydrogens (tertiary/aromatic N) is 3. The molecule has 13 heteroatoms. The van der Waals surface area contributed by atoms with Crippen LogP contribution in [0.1, 0.15) is 29.5 Å². The number of hydrogen-bond acceptors (Lipinski definition) is 6. The lowest BCUT2D eigenvalue weighted by atomic mass is 9.93. The normalized spacial score (nSPS) is 21.7. The Bertz CT molecular complexity index is 1260. The number of carbonyl (C=O) groups is 2. The van der Waals surface area contributed by atoms with Crippen molar-refractivity contribution in [3.63, 3.8) is 0 Å². The number of amides is 2. The highest BCUT2D eigenvalue weighted by atomic mass is 19.4. The van der Waals surface area contributed by atoms with E-state index in [0.29, 0.717) is 19.0 Å². The van der Waals surface area contributed by atoms with Gasteiger partial charge in [-0.25, -0.2) is 8.78 Å². The molecule has 3 heterocycles. The third-order valence-corrected chi connectivity index (χ3v) is 6.21. The summed E-state index contributed by atoms with van der Waals surface area (Å²) in [6.07, 6.45) is 0.573. The Morgan fingerprint density at radius 2 is 2.00 bits per heavy atom. The van der Waals surface area contributed by atoms with Gasteiger partial charge in [0.05, 0.1) is 11.5 Å². The number of piperidine rings is 1. The minimum atomic E-state index is -4.73. The molecule has 0 aliphatic carbocycles. The molecule has 2 atom stereocenters. The van der Waals surface area contributed by atoms with Crippen LogP contribution in [0.25, 0.3) is 0 Å². The van der Waals surface area contributed by atoms with E-state index in [1.165, 1.54) is 23.3 Å². The number of alkyl halides is 3. The molecule has 4 N–H and O–H groups in total. The molecule has 2 aliphatic rings. The second-order valence-corrected chi connectivity index (χ2v) is 8.74. The smallest absolute Gasteiger partial charge is 0.369 e. The fourth-order valence-electron chi connectivity index (χ4n) is 4.25.